The van der Waals surface area contributed by atoms with Crippen LogP contribution in [0.15, 0.2) is 60.8 Å². The van der Waals surface area contributed by atoms with E-state index < -0.39 is 67.4 Å². The summed E-state index contributed by atoms with van der Waals surface area (Å²) in [6.07, 6.45) is 45.5. The van der Waals surface area contributed by atoms with Gasteiger partial charge in [-0.15, -0.1) is 0 Å². The van der Waals surface area contributed by atoms with Crippen molar-refractivity contribution < 1.29 is 49.3 Å². The fourth-order valence-electron chi connectivity index (χ4n) is 8.47. The van der Waals surface area contributed by atoms with Gasteiger partial charge in [0.1, 0.15) is 24.4 Å². The van der Waals surface area contributed by atoms with Gasteiger partial charge in [0.15, 0.2) is 12.4 Å². The lowest BCUT2D eigenvalue weighted by molar-refractivity contribution is -0.305. The van der Waals surface area contributed by atoms with Crippen molar-refractivity contribution in [1.29, 1.82) is 0 Å². The van der Waals surface area contributed by atoms with Crippen LogP contribution in [0.5, 0.6) is 0 Å². The van der Waals surface area contributed by atoms with E-state index in [-0.39, 0.29) is 19.4 Å². The molecule has 0 bridgehead atoms. The number of aliphatic hydroxyl groups is 5. The molecular formula is C58H103NO10. The number of rotatable bonds is 46. The predicted molar refractivity (Wildman–Crippen MR) is 283 cm³/mol. The first-order chi connectivity index (χ1) is 33.7. The van der Waals surface area contributed by atoms with Crippen LogP contribution in [0, 0.1) is 0 Å². The zero-order valence-corrected chi connectivity index (χ0v) is 43.9. The van der Waals surface area contributed by atoms with Gasteiger partial charge in [-0.3, -0.25) is 9.59 Å². The van der Waals surface area contributed by atoms with E-state index >= 15 is 0 Å². The van der Waals surface area contributed by atoms with Crippen molar-refractivity contribution in [3.63, 3.8) is 0 Å². The number of carbonyl (C=O) groups excluding carboxylic acids is 2. The first kappa shape index (κ1) is 64.4. The minimum Gasteiger partial charge on any atom is -0.454 e. The lowest BCUT2D eigenvalue weighted by Gasteiger charge is -2.41. The molecule has 1 rings (SSSR count). The molecule has 0 radical (unpaired) electrons. The molecule has 0 spiro atoms. The van der Waals surface area contributed by atoms with Gasteiger partial charge in [-0.25, -0.2) is 0 Å². The van der Waals surface area contributed by atoms with Gasteiger partial charge in [-0.1, -0.05) is 216 Å². The lowest BCUT2D eigenvalue weighted by Crippen LogP contribution is -2.61. The maximum Gasteiger partial charge on any atom is 0.306 e. The zero-order valence-electron chi connectivity index (χ0n) is 43.9. The second kappa shape index (κ2) is 46.4. The SMILES string of the molecule is CC/C=C/C=C/C=C/CCCCCCCCC(O)C(=O)NC(COC1OC(CO)C(O)C(O)C1OC(=O)CCCCCCCCC/C=C\CCCCCC)C(O)/C=C/CCCCCCCCCCC. The maximum atomic E-state index is 13.3. The molecule has 0 aromatic carbocycles. The summed E-state index contributed by atoms with van der Waals surface area (Å²) in [6, 6.07) is -1.03. The summed E-state index contributed by atoms with van der Waals surface area (Å²) in [4.78, 5) is 26.4. The van der Waals surface area contributed by atoms with E-state index in [2.05, 4.69) is 62.5 Å². The van der Waals surface area contributed by atoms with Crippen LogP contribution in [0.2, 0.25) is 0 Å². The number of hydrogen-bond donors (Lipinski definition) is 6. The number of aliphatic hydroxyl groups excluding tert-OH is 5. The maximum absolute atomic E-state index is 13.3. The van der Waals surface area contributed by atoms with Gasteiger partial charge >= 0.3 is 5.97 Å². The molecule has 1 fully saturated rings. The number of carbonyl (C=O) groups is 2. The number of hydrogen-bond acceptors (Lipinski definition) is 10. The van der Waals surface area contributed by atoms with Crippen molar-refractivity contribution in [1.82, 2.24) is 5.32 Å². The van der Waals surface area contributed by atoms with E-state index in [0.29, 0.717) is 12.8 Å². The first-order valence-electron chi connectivity index (χ1n) is 28.1. The lowest BCUT2D eigenvalue weighted by atomic mass is 9.99. The number of unbranched alkanes of at least 4 members (excludes halogenated alkanes) is 26. The fraction of sp³-hybridized carbons (Fsp3) is 0.793. The van der Waals surface area contributed by atoms with Crippen LogP contribution in [0.3, 0.4) is 0 Å². The Labute approximate surface area is 420 Å². The van der Waals surface area contributed by atoms with Crippen molar-refractivity contribution in [2.24, 2.45) is 0 Å². The second-order valence-electron chi connectivity index (χ2n) is 19.3. The summed E-state index contributed by atoms with van der Waals surface area (Å²) >= 11 is 0. The van der Waals surface area contributed by atoms with E-state index in [0.717, 1.165) is 96.3 Å². The molecule has 11 nitrogen and oxygen atoms in total. The standard InChI is InChI=1S/C58H103NO10/c1-4-7-10-13-16-19-22-24-26-28-31-34-37-40-43-46-53(63)69-56-55(65)54(64)52(47-60)68-58(56)67-48-49(50(61)44-41-38-35-32-29-21-18-15-12-9-6-3)59-57(66)51(62)45-42-39-36-33-30-27-25-23-20-17-14-11-8-5-2/h8,11,14,17,19-20,22-23,41,44,49-52,54-56,58,60-62,64-65H,4-7,9-10,12-13,15-16,18,21,24-40,42-43,45-48H2,1-3H3,(H,59,66)/b11-8+,17-14+,22-19-,23-20+,44-41+. The molecule has 8 unspecified atom stereocenters. The highest BCUT2D eigenvalue weighted by molar-refractivity contribution is 5.80. The topological polar surface area (TPSA) is 175 Å². The largest absolute Gasteiger partial charge is 0.454 e. The summed E-state index contributed by atoms with van der Waals surface area (Å²) in [5.41, 5.74) is 0. The molecule has 0 aromatic heterocycles. The normalized spacial score (nSPS) is 20.3. The summed E-state index contributed by atoms with van der Waals surface area (Å²) in [5, 5.41) is 56.7. The van der Waals surface area contributed by atoms with Gasteiger partial charge in [-0.2, -0.15) is 0 Å². The van der Waals surface area contributed by atoms with Gasteiger partial charge in [0.25, 0.3) is 0 Å². The van der Waals surface area contributed by atoms with Crippen molar-refractivity contribution in [3.05, 3.63) is 60.8 Å². The molecule has 11 heteroatoms. The highest BCUT2D eigenvalue weighted by Gasteiger charge is 2.47. The predicted octanol–water partition coefficient (Wildman–Crippen LogP) is 12.3. The number of ether oxygens (including phenoxy) is 3. The van der Waals surface area contributed by atoms with Crippen LogP contribution in [-0.4, -0.2) is 99.6 Å². The number of amides is 1. The second-order valence-corrected chi connectivity index (χ2v) is 19.3. The Morgan fingerprint density at radius 2 is 1.06 bits per heavy atom. The van der Waals surface area contributed by atoms with Crippen molar-refractivity contribution in [2.75, 3.05) is 13.2 Å². The molecule has 400 valence electrons. The quantitative estimate of drug-likeness (QED) is 0.0149. The molecule has 1 amide bonds. The third-order valence-corrected chi connectivity index (χ3v) is 13.0. The molecule has 0 saturated carbocycles. The Hall–Kier alpha value is -2.64. The minimum atomic E-state index is -1.62. The summed E-state index contributed by atoms with van der Waals surface area (Å²) < 4.78 is 17.5. The van der Waals surface area contributed by atoms with Gasteiger partial charge in [-0.05, 0) is 70.6 Å². The molecule has 69 heavy (non-hydrogen) atoms. The summed E-state index contributed by atoms with van der Waals surface area (Å²) in [5.74, 6) is -1.21. The minimum absolute atomic E-state index is 0.116. The van der Waals surface area contributed by atoms with E-state index in [4.69, 9.17) is 14.2 Å². The van der Waals surface area contributed by atoms with Crippen molar-refractivity contribution in [2.45, 2.75) is 282 Å². The average Bonchev–Trinajstić information content (AvgIpc) is 3.34. The van der Waals surface area contributed by atoms with Crippen molar-refractivity contribution >= 4 is 11.9 Å². The van der Waals surface area contributed by atoms with Crippen LogP contribution in [0.25, 0.3) is 0 Å². The highest BCUT2D eigenvalue weighted by Crippen LogP contribution is 2.26. The Balaban J connectivity index is 2.74. The van der Waals surface area contributed by atoms with E-state index in [1.54, 1.807) is 6.08 Å². The van der Waals surface area contributed by atoms with Crippen LogP contribution in [-0.2, 0) is 23.8 Å². The molecule has 8 atom stereocenters. The first-order valence-corrected chi connectivity index (χ1v) is 28.1. The van der Waals surface area contributed by atoms with Crippen molar-refractivity contribution in [3.8, 4) is 0 Å². The highest BCUT2D eigenvalue weighted by atomic mass is 16.7. The molecule has 0 aromatic rings. The molecule has 1 aliphatic heterocycles. The van der Waals surface area contributed by atoms with E-state index in [1.807, 2.05) is 18.2 Å². The Bertz CT molecular complexity index is 1350. The van der Waals surface area contributed by atoms with Crippen LogP contribution < -0.4 is 5.32 Å². The van der Waals surface area contributed by atoms with Gasteiger partial charge in [0.05, 0.1) is 25.4 Å². The van der Waals surface area contributed by atoms with Crippen LogP contribution >= 0.6 is 0 Å². The Kier molecular flexibility index (Phi) is 43.3. The van der Waals surface area contributed by atoms with E-state index in [1.165, 1.54) is 89.9 Å². The zero-order chi connectivity index (χ0) is 50.4. The Morgan fingerprint density at radius 3 is 1.61 bits per heavy atom. The average molecular weight is 974 g/mol. The van der Waals surface area contributed by atoms with Gasteiger partial charge in [0, 0.05) is 6.42 Å². The molecule has 1 saturated heterocycles. The van der Waals surface area contributed by atoms with Gasteiger partial charge < -0.3 is 45.1 Å². The van der Waals surface area contributed by atoms with E-state index in [9.17, 15) is 35.1 Å². The summed E-state index contributed by atoms with van der Waals surface area (Å²) in [6.45, 7) is 5.61. The number of esters is 1. The molecule has 6 N–H and O–H groups in total. The molecule has 0 aliphatic carbocycles. The molecular weight excluding hydrogens is 871 g/mol. The van der Waals surface area contributed by atoms with Crippen LogP contribution in [0.1, 0.15) is 233 Å². The number of nitrogens with one attached hydrogen (secondary N) is 1. The number of allylic oxidation sites excluding steroid dienone is 9. The smallest absolute Gasteiger partial charge is 0.306 e. The summed E-state index contributed by atoms with van der Waals surface area (Å²) in [7, 11) is 0. The monoisotopic (exact) mass is 974 g/mol. The molecule has 1 aliphatic rings. The van der Waals surface area contributed by atoms with Crippen LogP contribution in [0.4, 0.5) is 0 Å². The third kappa shape index (κ3) is 35.2. The van der Waals surface area contributed by atoms with Gasteiger partial charge in [0.2, 0.25) is 5.91 Å². The molecule has 1 heterocycles. The third-order valence-electron chi connectivity index (χ3n) is 13.0. The fourth-order valence-corrected chi connectivity index (χ4v) is 8.47. The Morgan fingerprint density at radius 1 is 0.580 bits per heavy atom.